The number of aryl methyl sites for hydroxylation is 1. The van der Waals surface area contributed by atoms with Crippen LogP contribution in [-0.2, 0) is 12.8 Å². The highest BCUT2D eigenvalue weighted by molar-refractivity contribution is 7.98. The summed E-state index contributed by atoms with van der Waals surface area (Å²) in [5.74, 6) is 2.01. The van der Waals surface area contributed by atoms with Crippen molar-refractivity contribution in [2.45, 2.75) is 30.5 Å². The van der Waals surface area contributed by atoms with Crippen LogP contribution in [0.25, 0.3) is 0 Å². The Bertz CT molecular complexity index is 522. The molecule has 0 bridgehead atoms. The van der Waals surface area contributed by atoms with E-state index in [-0.39, 0.29) is 0 Å². The zero-order chi connectivity index (χ0) is 13.7. The van der Waals surface area contributed by atoms with Crippen molar-refractivity contribution in [3.8, 4) is 0 Å². The lowest BCUT2D eigenvalue weighted by Crippen LogP contribution is -2.17. The summed E-state index contributed by atoms with van der Waals surface area (Å²) in [6.07, 6.45) is 3.83. The van der Waals surface area contributed by atoms with Crippen molar-refractivity contribution in [3.63, 3.8) is 0 Å². The molecule has 1 aromatic carbocycles. The van der Waals surface area contributed by atoms with Crippen LogP contribution < -0.4 is 5.32 Å². The fourth-order valence-corrected chi connectivity index (χ4v) is 2.95. The SMILES string of the molecule is CCNC(C)c1cccc(SCc2nccn2C)c1. The zero-order valence-corrected chi connectivity index (χ0v) is 12.6. The van der Waals surface area contributed by atoms with Gasteiger partial charge in [-0.15, -0.1) is 11.8 Å². The van der Waals surface area contributed by atoms with E-state index < -0.39 is 0 Å². The highest BCUT2D eigenvalue weighted by atomic mass is 32.2. The summed E-state index contributed by atoms with van der Waals surface area (Å²) in [5, 5.41) is 3.44. The summed E-state index contributed by atoms with van der Waals surface area (Å²) in [6.45, 7) is 5.33. The minimum absolute atomic E-state index is 0.402. The van der Waals surface area contributed by atoms with E-state index in [1.165, 1.54) is 10.5 Å². The Labute approximate surface area is 119 Å². The Morgan fingerprint density at radius 2 is 2.26 bits per heavy atom. The second-order valence-electron chi connectivity index (χ2n) is 4.59. The Hall–Kier alpha value is -1.26. The monoisotopic (exact) mass is 275 g/mol. The summed E-state index contributed by atoms with van der Waals surface area (Å²) in [4.78, 5) is 5.64. The Morgan fingerprint density at radius 1 is 1.42 bits per heavy atom. The van der Waals surface area contributed by atoms with Crippen molar-refractivity contribution in [1.29, 1.82) is 0 Å². The Kier molecular flexibility index (Phi) is 5.05. The van der Waals surface area contributed by atoms with E-state index in [0.29, 0.717) is 6.04 Å². The molecular formula is C15H21N3S. The molecule has 0 fully saturated rings. The van der Waals surface area contributed by atoms with Gasteiger partial charge in [-0.25, -0.2) is 4.98 Å². The molecule has 1 heterocycles. The third-order valence-corrected chi connectivity index (χ3v) is 4.15. The molecule has 1 unspecified atom stereocenters. The number of rotatable bonds is 6. The van der Waals surface area contributed by atoms with Gasteiger partial charge in [-0.3, -0.25) is 0 Å². The molecule has 3 nitrogen and oxygen atoms in total. The van der Waals surface area contributed by atoms with Crippen molar-refractivity contribution >= 4 is 11.8 Å². The number of hydrogen-bond acceptors (Lipinski definition) is 3. The van der Waals surface area contributed by atoms with Crippen LogP contribution in [0.1, 0.15) is 31.3 Å². The molecule has 0 aliphatic carbocycles. The molecule has 0 amide bonds. The van der Waals surface area contributed by atoms with E-state index in [1.807, 2.05) is 31.2 Å². The topological polar surface area (TPSA) is 29.9 Å². The third-order valence-electron chi connectivity index (χ3n) is 3.16. The maximum atomic E-state index is 4.35. The first-order chi connectivity index (χ1) is 9.20. The highest BCUT2D eigenvalue weighted by Gasteiger charge is 2.05. The molecule has 0 saturated heterocycles. The molecule has 4 heteroatoms. The lowest BCUT2D eigenvalue weighted by molar-refractivity contribution is 0.597. The first-order valence-corrected chi connectivity index (χ1v) is 7.61. The Balaban J connectivity index is 2.01. The molecule has 0 radical (unpaired) electrons. The van der Waals surface area contributed by atoms with E-state index in [0.717, 1.165) is 18.1 Å². The standard InChI is InChI=1S/C15H21N3S/c1-4-16-12(2)13-6-5-7-14(10-13)19-11-15-17-8-9-18(15)3/h5-10,12,16H,4,11H2,1-3H3. The van der Waals surface area contributed by atoms with E-state index in [2.05, 4.69) is 53.0 Å². The average Bonchev–Trinajstić information content (AvgIpc) is 2.82. The number of hydrogen-bond donors (Lipinski definition) is 1. The molecule has 0 aliphatic heterocycles. The summed E-state index contributed by atoms with van der Waals surface area (Å²) < 4.78 is 2.07. The van der Waals surface area contributed by atoms with Crippen molar-refractivity contribution in [3.05, 3.63) is 48.0 Å². The van der Waals surface area contributed by atoms with Gasteiger partial charge in [0, 0.05) is 30.4 Å². The van der Waals surface area contributed by atoms with Crippen molar-refractivity contribution in [1.82, 2.24) is 14.9 Å². The predicted octanol–water partition coefficient (Wildman–Crippen LogP) is 3.38. The van der Waals surface area contributed by atoms with Crippen molar-refractivity contribution in [2.24, 2.45) is 7.05 Å². The summed E-state index contributed by atoms with van der Waals surface area (Å²) in [5.41, 5.74) is 1.34. The van der Waals surface area contributed by atoms with E-state index in [1.54, 1.807) is 0 Å². The van der Waals surface area contributed by atoms with Crippen LogP contribution in [-0.4, -0.2) is 16.1 Å². The van der Waals surface area contributed by atoms with Gasteiger partial charge in [-0.1, -0.05) is 19.1 Å². The van der Waals surface area contributed by atoms with Gasteiger partial charge in [0.15, 0.2) is 0 Å². The smallest absolute Gasteiger partial charge is 0.118 e. The van der Waals surface area contributed by atoms with E-state index in [4.69, 9.17) is 0 Å². The van der Waals surface area contributed by atoms with Gasteiger partial charge < -0.3 is 9.88 Å². The fourth-order valence-electron chi connectivity index (χ4n) is 1.98. The molecule has 0 spiro atoms. The van der Waals surface area contributed by atoms with Crippen LogP contribution in [0.3, 0.4) is 0 Å². The van der Waals surface area contributed by atoms with Gasteiger partial charge in [-0.2, -0.15) is 0 Å². The summed E-state index contributed by atoms with van der Waals surface area (Å²) >= 11 is 1.83. The van der Waals surface area contributed by atoms with E-state index in [9.17, 15) is 0 Å². The maximum absolute atomic E-state index is 4.35. The molecular weight excluding hydrogens is 254 g/mol. The average molecular weight is 275 g/mol. The van der Waals surface area contributed by atoms with Crippen LogP contribution in [0.4, 0.5) is 0 Å². The Morgan fingerprint density at radius 3 is 2.95 bits per heavy atom. The van der Waals surface area contributed by atoms with Gasteiger partial charge in [0.05, 0.1) is 5.75 Å². The number of aromatic nitrogens is 2. The first kappa shape index (κ1) is 14.2. The number of imidazole rings is 1. The van der Waals surface area contributed by atoms with Crippen molar-refractivity contribution in [2.75, 3.05) is 6.54 Å². The van der Waals surface area contributed by atoms with Crippen LogP contribution in [0, 0.1) is 0 Å². The molecule has 1 atom stereocenters. The van der Waals surface area contributed by atoms with Gasteiger partial charge in [0.2, 0.25) is 0 Å². The molecule has 2 rings (SSSR count). The molecule has 0 saturated carbocycles. The van der Waals surface area contributed by atoms with Crippen LogP contribution in [0.2, 0.25) is 0 Å². The van der Waals surface area contributed by atoms with Gasteiger partial charge in [-0.05, 0) is 31.2 Å². The van der Waals surface area contributed by atoms with Crippen LogP contribution in [0.15, 0.2) is 41.6 Å². The predicted molar refractivity (Wildman–Crippen MR) is 81.3 cm³/mol. The highest BCUT2D eigenvalue weighted by Crippen LogP contribution is 2.24. The lowest BCUT2D eigenvalue weighted by Gasteiger charge is -2.13. The second kappa shape index (κ2) is 6.78. The number of thioether (sulfide) groups is 1. The lowest BCUT2D eigenvalue weighted by atomic mass is 10.1. The summed E-state index contributed by atoms with van der Waals surface area (Å²) in [6, 6.07) is 9.14. The van der Waals surface area contributed by atoms with Gasteiger partial charge in [0.25, 0.3) is 0 Å². The normalized spacial score (nSPS) is 12.6. The van der Waals surface area contributed by atoms with Crippen LogP contribution in [0.5, 0.6) is 0 Å². The molecule has 2 aromatic rings. The molecule has 1 aromatic heterocycles. The second-order valence-corrected chi connectivity index (χ2v) is 5.64. The van der Waals surface area contributed by atoms with E-state index >= 15 is 0 Å². The number of benzene rings is 1. The summed E-state index contributed by atoms with van der Waals surface area (Å²) in [7, 11) is 2.03. The first-order valence-electron chi connectivity index (χ1n) is 6.63. The fraction of sp³-hybridized carbons (Fsp3) is 0.400. The zero-order valence-electron chi connectivity index (χ0n) is 11.8. The minimum atomic E-state index is 0.402. The van der Waals surface area contributed by atoms with Crippen molar-refractivity contribution < 1.29 is 0 Å². The maximum Gasteiger partial charge on any atom is 0.118 e. The third kappa shape index (κ3) is 3.85. The molecule has 19 heavy (non-hydrogen) atoms. The van der Waals surface area contributed by atoms with Crippen LogP contribution >= 0.6 is 11.8 Å². The number of nitrogens with one attached hydrogen (secondary N) is 1. The molecule has 0 aliphatic rings. The minimum Gasteiger partial charge on any atom is -0.337 e. The molecule has 1 N–H and O–H groups in total. The molecule has 102 valence electrons. The quantitative estimate of drug-likeness (QED) is 0.820. The van der Waals surface area contributed by atoms with Gasteiger partial charge in [0.1, 0.15) is 5.82 Å². The van der Waals surface area contributed by atoms with Gasteiger partial charge >= 0.3 is 0 Å². The largest absolute Gasteiger partial charge is 0.337 e. The number of nitrogens with zero attached hydrogens (tertiary/aromatic N) is 2.